The van der Waals surface area contributed by atoms with E-state index in [0.717, 1.165) is 26.2 Å². The second kappa shape index (κ2) is 10.7. The molecule has 0 amide bonds. The molecule has 164 valence electrons. The van der Waals surface area contributed by atoms with Gasteiger partial charge in [0, 0.05) is 57.9 Å². The lowest BCUT2D eigenvalue weighted by molar-refractivity contribution is -0.274. The number of nitrogens with one attached hydrogen (secondary N) is 2. The first kappa shape index (κ1) is 23.3. The minimum Gasteiger partial charge on any atom is -0.405 e. The normalized spacial score (nSPS) is 18.0. The van der Waals surface area contributed by atoms with Crippen LogP contribution in [0.25, 0.3) is 0 Å². The quantitative estimate of drug-likeness (QED) is 0.530. The molecule has 1 atom stereocenters. The second-order valence-electron chi connectivity index (χ2n) is 7.61. The van der Waals surface area contributed by atoms with Crippen LogP contribution >= 0.6 is 0 Å². The molecule has 1 unspecified atom stereocenters. The molecule has 0 aliphatic carbocycles. The molecule has 2 N–H and O–H groups in total. The van der Waals surface area contributed by atoms with Crippen LogP contribution in [0.5, 0.6) is 5.75 Å². The van der Waals surface area contributed by atoms with Gasteiger partial charge in [0.25, 0.3) is 0 Å². The van der Waals surface area contributed by atoms with E-state index in [1.54, 1.807) is 19.2 Å². The molecule has 29 heavy (non-hydrogen) atoms. The lowest BCUT2D eigenvalue weighted by atomic mass is 10.0. The van der Waals surface area contributed by atoms with Gasteiger partial charge in [-0.15, -0.1) is 13.2 Å². The van der Waals surface area contributed by atoms with Gasteiger partial charge in [-0.05, 0) is 19.0 Å². The van der Waals surface area contributed by atoms with Gasteiger partial charge in [0.1, 0.15) is 5.75 Å². The number of alkyl halides is 3. The summed E-state index contributed by atoms with van der Waals surface area (Å²) in [4.78, 5) is 9.01. The number of benzene rings is 1. The first-order chi connectivity index (χ1) is 13.7. The van der Waals surface area contributed by atoms with Crippen molar-refractivity contribution in [2.24, 2.45) is 10.9 Å². The zero-order valence-corrected chi connectivity index (χ0v) is 17.6. The van der Waals surface area contributed by atoms with Crippen molar-refractivity contribution in [1.82, 2.24) is 20.4 Å². The summed E-state index contributed by atoms with van der Waals surface area (Å²) in [5, 5.41) is 6.40. The summed E-state index contributed by atoms with van der Waals surface area (Å²) in [6, 6.07) is 6.45. The van der Waals surface area contributed by atoms with Crippen molar-refractivity contribution in [2.75, 3.05) is 46.8 Å². The van der Waals surface area contributed by atoms with Crippen LogP contribution in [0.2, 0.25) is 0 Å². The third-order valence-corrected chi connectivity index (χ3v) is 5.12. The van der Waals surface area contributed by atoms with E-state index in [-0.39, 0.29) is 12.3 Å². The van der Waals surface area contributed by atoms with Gasteiger partial charge in [-0.2, -0.15) is 0 Å². The maximum Gasteiger partial charge on any atom is 0.573 e. The van der Waals surface area contributed by atoms with Crippen molar-refractivity contribution in [1.29, 1.82) is 0 Å². The number of guanidine groups is 1. The molecule has 0 aromatic heterocycles. The van der Waals surface area contributed by atoms with Crippen molar-refractivity contribution < 1.29 is 17.9 Å². The number of ether oxygens (including phenoxy) is 1. The number of likely N-dealkylation sites (N-methyl/N-ethyl adjacent to an activating group) is 1. The number of nitrogens with zero attached hydrogens (tertiary/aromatic N) is 3. The first-order valence-corrected chi connectivity index (χ1v) is 9.90. The van der Waals surface area contributed by atoms with Gasteiger partial charge >= 0.3 is 6.36 Å². The van der Waals surface area contributed by atoms with Crippen LogP contribution in [0.3, 0.4) is 0 Å². The fourth-order valence-corrected chi connectivity index (χ4v) is 3.41. The Morgan fingerprint density at radius 2 is 1.79 bits per heavy atom. The predicted molar refractivity (Wildman–Crippen MR) is 109 cm³/mol. The van der Waals surface area contributed by atoms with E-state index in [1.165, 1.54) is 12.1 Å². The second-order valence-corrected chi connectivity index (χ2v) is 7.61. The van der Waals surface area contributed by atoms with Gasteiger partial charge in [0.05, 0.1) is 0 Å². The highest BCUT2D eigenvalue weighted by molar-refractivity contribution is 5.79. The van der Waals surface area contributed by atoms with Crippen molar-refractivity contribution in [3.63, 3.8) is 0 Å². The number of para-hydroxylation sites is 1. The highest BCUT2D eigenvalue weighted by atomic mass is 19.4. The molecule has 1 aromatic rings. The van der Waals surface area contributed by atoms with Crippen molar-refractivity contribution in [2.45, 2.75) is 32.8 Å². The fourth-order valence-electron chi connectivity index (χ4n) is 3.41. The van der Waals surface area contributed by atoms with Gasteiger partial charge in [-0.3, -0.25) is 9.89 Å². The Morgan fingerprint density at radius 3 is 2.38 bits per heavy atom. The minimum atomic E-state index is -4.72. The summed E-state index contributed by atoms with van der Waals surface area (Å²) in [5.74, 6) is 0.803. The molecule has 1 heterocycles. The zero-order chi connectivity index (χ0) is 21.4. The van der Waals surface area contributed by atoms with E-state index >= 15 is 0 Å². The van der Waals surface area contributed by atoms with E-state index in [2.05, 4.69) is 51.1 Å². The van der Waals surface area contributed by atoms with E-state index in [1.807, 2.05) is 0 Å². The molecule has 1 aliphatic heterocycles. The largest absolute Gasteiger partial charge is 0.573 e. The predicted octanol–water partition coefficient (Wildman–Crippen LogP) is 2.52. The Bertz CT molecular complexity index is 658. The number of aliphatic imine (C=N–C) groups is 1. The van der Waals surface area contributed by atoms with Gasteiger partial charge in [0.2, 0.25) is 0 Å². The summed E-state index contributed by atoms with van der Waals surface area (Å²) in [6.07, 6.45) is -4.72. The van der Waals surface area contributed by atoms with Gasteiger partial charge in [-0.25, -0.2) is 0 Å². The van der Waals surface area contributed by atoms with Crippen LogP contribution in [-0.2, 0) is 6.54 Å². The fraction of sp³-hybridized carbons (Fsp3) is 0.650. The van der Waals surface area contributed by atoms with Crippen LogP contribution in [0.4, 0.5) is 13.2 Å². The first-order valence-electron chi connectivity index (χ1n) is 9.90. The maximum absolute atomic E-state index is 12.6. The third kappa shape index (κ3) is 7.74. The van der Waals surface area contributed by atoms with E-state index in [4.69, 9.17) is 0 Å². The Labute approximate surface area is 171 Å². The Kier molecular flexibility index (Phi) is 8.58. The lowest BCUT2D eigenvalue weighted by Gasteiger charge is -2.40. The van der Waals surface area contributed by atoms with Gasteiger partial charge in [0.15, 0.2) is 5.96 Å². The average Bonchev–Trinajstić information content (AvgIpc) is 2.65. The van der Waals surface area contributed by atoms with Crippen molar-refractivity contribution >= 4 is 5.96 Å². The lowest BCUT2D eigenvalue weighted by Crippen LogP contribution is -2.55. The van der Waals surface area contributed by atoms with Crippen LogP contribution < -0.4 is 15.4 Å². The Morgan fingerprint density at radius 1 is 1.14 bits per heavy atom. The summed E-state index contributed by atoms with van der Waals surface area (Å²) < 4.78 is 41.9. The summed E-state index contributed by atoms with van der Waals surface area (Å²) >= 11 is 0. The molecule has 6 nitrogen and oxygen atoms in total. The molecule has 1 fully saturated rings. The molecule has 0 spiro atoms. The smallest absolute Gasteiger partial charge is 0.405 e. The van der Waals surface area contributed by atoms with Crippen LogP contribution in [0.1, 0.15) is 19.4 Å². The molecule has 0 bridgehead atoms. The van der Waals surface area contributed by atoms with E-state index in [9.17, 15) is 13.2 Å². The maximum atomic E-state index is 12.6. The zero-order valence-electron chi connectivity index (χ0n) is 17.6. The number of hydrogen-bond acceptors (Lipinski definition) is 4. The molecule has 2 rings (SSSR count). The number of piperazine rings is 1. The van der Waals surface area contributed by atoms with Gasteiger partial charge < -0.3 is 20.3 Å². The molecule has 1 saturated heterocycles. The van der Waals surface area contributed by atoms with Crippen LogP contribution in [0.15, 0.2) is 29.3 Å². The number of hydrogen-bond donors (Lipinski definition) is 2. The highest BCUT2D eigenvalue weighted by Crippen LogP contribution is 2.26. The van der Waals surface area contributed by atoms with Crippen LogP contribution in [0, 0.1) is 5.92 Å². The SMILES string of the molecule is CN=C(NCc1ccccc1OC(F)(F)F)NCC(C(C)C)N1CCN(C)CC1. The molecule has 0 saturated carbocycles. The van der Waals surface area contributed by atoms with Crippen LogP contribution in [-0.4, -0.2) is 75.0 Å². The molecular weight excluding hydrogens is 383 g/mol. The Balaban J connectivity index is 1.92. The van der Waals surface area contributed by atoms with Gasteiger partial charge in [-0.1, -0.05) is 32.0 Å². The average molecular weight is 416 g/mol. The standard InChI is InChI=1S/C20H32F3N5O/c1-15(2)17(28-11-9-27(4)10-12-28)14-26-19(24-3)25-13-16-7-5-6-8-18(16)29-20(21,22)23/h5-8,15,17H,9-14H2,1-4H3,(H2,24,25,26). The number of rotatable bonds is 7. The number of halogens is 3. The summed E-state index contributed by atoms with van der Waals surface area (Å²) in [6.45, 7) is 9.43. The van der Waals surface area contributed by atoms with Crippen molar-refractivity contribution in [3.8, 4) is 5.75 Å². The molecular formula is C20H32F3N5O. The highest BCUT2D eigenvalue weighted by Gasteiger charge is 2.32. The molecule has 9 heteroatoms. The third-order valence-electron chi connectivity index (χ3n) is 5.12. The summed E-state index contributed by atoms with van der Waals surface area (Å²) in [5.41, 5.74) is 0.409. The minimum absolute atomic E-state index is 0.173. The van der Waals surface area contributed by atoms with E-state index in [0.29, 0.717) is 30.0 Å². The molecule has 0 radical (unpaired) electrons. The van der Waals surface area contributed by atoms with Crippen molar-refractivity contribution in [3.05, 3.63) is 29.8 Å². The molecule has 1 aromatic carbocycles. The summed E-state index contributed by atoms with van der Waals surface area (Å²) in [7, 11) is 3.78. The topological polar surface area (TPSA) is 52.1 Å². The Hall–Kier alpha value is -2.00. The monoisotopic (exact) mass is 415 g/mol. The van der Waals surface area contributed by atoms with E-state index < -0.39 is 6.36 Å². The molecule has 1 aliphatic rings.